The number of nitrogens with two attached hydrogens (primary N) is 1. The molecular formula is C24H27N3O2S. The number of aromatic hydroxyl groups is 1. The van der Waals surface area contributed by atoms with E-state index < -0.39 is 0 Å². The predicted octanol–water partition coefficient (Wildman–Crippen LogP) is 4.78. The van der Waals surface area contributed by atoms with E-state index in [0.717, 1.165) is 53.5 Å². The number of thioether (sulfide) groups is 1. The van der Waals surface area contributed by atoms with E-state index in [1.807, 2.05) is 23.9 Å². The van der Waals surface area contributed by atoms with Crippen molar-refractivity contribution in [3.63, 3.8) is 0 Å². The van der Waals surface area contributed by atoms with Gasteiger partial charge < -0.3 is 20.5 Å². The van der Waals surface area contributed by atoms with Crippen LogP contribution in [0.1, 0.15) is 13.3 Å². The zero-order chi connectivity index (χ0) is 21.1. The number of phenols is 1. The van der Waals surface area contributed by atoms with Crippen LogP contribution in [0.3, 0.4) is 0 Å². The zero-order valence-corrected chi connectivity index (χ0v) is 18.2. The number of hydrogen-bond acceptors (Lipinski definition) is 6. The Morgan fingerprint density at radius 2 is 1.87 bits per heavy atom. The van der Waals surface area contributed by atoms with Crippen molar-refractivity contribution in [2.24, 2.45) is 5.73 Å². The molecular weight excluding hydrogens is 394 g/mol. The summed E-state index contributed by atoms with van der Waals surface area (Å²) < 4.78 is 5.30. The van der Waals surface area contributed by atoms with Crippen LogP contribution < -0.4 is 15.4 Å². The van der Waals surface area contributed by atoms with E-state index in [1.165, 1.54) is 4.90 Å². The van der Waals surface area contributed by atoms with Crippen LogP contribution in [0.15, 0.2) is 59.5 Å². The molecule has 0 spiro atoms. The Morgan fingerprint density at radius 3 is 2.53 bits per heavy atom. The van der Waals surface area contributed by atoms with Crippen molar-refractivity contribution in [2.75, 3.05) is 30.9 Å². The predicted molar refractivity (Wildman–Crippen MR) is 125 cm³/mol. The van der Waals surface area contributed by atoms with Crippen LogP contribution in [-0.4, -0.2) is 42.1 Å². The Bertz CT molecular complexity index is 1020. The van der Waals surface area contributed by atoms with Gasteiger partial charge in [-0.1, -0.05) is 19.1 Å². The number of ether oxygens (including phenoxy) is 1. The number of hydrogen-bond donors (Lipinski definition) is 2. The molecule has 4 rings (SSSR count). The summed E-state index contributed by atoms with van der Waals surface area (Å²) in [6.07, 6.45) is 0.969. The number of pyridine rings is 1. The first-order valence-corrected chi connectivity index (χ1v) is 11.2. The van der Waals surface area contributed by atoms with E-state index in [2.05, 4.69) is 48.2 Å². The van der Waals surface area contributed by atoms with E-state index >= 15 is 0 Å². The molecule has 3 N–H and O–H groups in total. The van der Waals surface area contributed by atoms with Crippen molar-refractivity contribution in [3.05, 3.63) is 54.6 Å². The summed E-state index contributed by atoms with van der Waals surface area (Å²) in [5, 5.41) is 9.97. The highest BCUT2D eigenvalue weighted by molar-refractivity contribution is 7.99. The molecule has 3 aromatic rings. The smallest absolute Gasteiger partial charge is 0.161 e. The summed E-state index contributed by atoms with van der Waals surface area (Å²) in [5.41, 5.74) is 10.1. The van der Waals surface area contributed by atoms with Crippen molar-refractivity contribution >= 4 is 17.6 Å². The van der Waals surface area contributed by atoms with Gasteiger partial charge in [-0.25, -0.2) is 4.98 Å². The number of phenolic OH excluding ortho intramolecular Hbond substituents is 1. The lowest BCUT2D eigenvalue weighted by Gasteiger charge is -2.19. The van der Waals surface area contributed by atoms with E-state index in [1.54, 1.807) is 13.2 Å². The third-order valence-corrected chi connectivity index (χ3v) is 6.23. The molecule has 0 amide bonds. The maximum Gasteiger partial charge on any atom is 0.161 e. The molecule has 1 aliphatic rings. The molecule has 1 aliphatic heterocycles. The van der Waals surface area contributed by atoms with Crippen LogP contribution in [0, 0.1) is 0 Å². The van der Waals surface area contributed by atoms with E-state index in [-0.39, 0.29) is 11.8 Å². The summed E-state index contributed by atoms with van der Waals surface area (Å²) in [6, 6.07) is 18.4. The molecule has 0 aliphatic carbocycles. The minimum Gasteiger partial charge on any atom is -0.504 e. The molecule has 6 heteroatoms. The first-order chi connectivity index (χ1) is 14.6. The average molecular weight is 422 g/mol. The molecule has 5 nitrogen and oxygen atoms in total. The summed E-state index contributed by atoms with van der Waals surface area (Å²) in [4.78, 5) is 8.44. The molecule has 0 radical (unpaired) electrons. The topological polar surface area (TPSA) is 71.6 Å². The molecule has 1 atom stereocenters. The number of nitrogens with zero attached hydrogens (tertiary/aromatic N) is 2. The van der Waals surface area contributed by atoms with Gasteiger partial charge in [0.1, 0.15) is 5.82 Å². The molecule has 2 aromatic carbocycles. The minimum atomic E-state index is 0.118. The van der Waals surface area contributed by atoms with E-state index in [0.29, 0.717) is 5.75 Å². The van der Waals surface area contributed by atoms with Gasteiger partial charge in [-0.15, -0.1) is 11.8 Å². The van der Waals surface area contributed by atoms with Gasteiger partial charge in [0.25, 0.3) is 0 Å². The molecule has 0 saturated carbocycles. The summed E-state index contributed by atoms with van der Waals surface area (Å²) in [6.45, 7) is 3.87. The Hall–Kier alpha value is -2.70. The standard InChI is InChI=1S/C24H27N3O2S/c1-3-30-20-7-4-16(5-8-20)18-12-21(17-6-9-22(28)23(13-17)29-2)26-24(14-18)27-11-10-19(25)15-27/h4-9,12-14,19,28H,3,10-11,15,25H2,1-2H3. The zero-order valence-electron chi connectivity index (χ0n) is 17.3. The fourth-order valence-corrected chi connectivity index (χ4v) is 4.40. The van der Waals surface area contributed by atoms with Crippen LogP contribution in [0.25, 0.3) is 22.4 Å². The van der Waals surface area contributed by atoms with E-state index in [4.69, 9.17) is 15.5 Å². The molecule has 1 fully saturated rings. The second-order valence-corrected chi connectivity index (χ2v) is 8.78. The van der Waals surface area contributed by atoms with Crippen LogP contribution in [0.2, 0.25) is 0 Å². The number of benzene rings is 2. The second-order valence-electron chi connectivity index (χ2n) is 7.44. The SMILES string of the molecule is CCSc1ccc(-c2cc(-c3ccc(O)c(OC)c3)nc(N3CCC(N)C3)c2)cc1. The largest absolute Gasteiger partial charge is 0.504 e. The van der Waals surface area contributed by atoms with Gasteiger partial charge >= 0.3 is 0 Å². The minimum absolute atomic E-state index is 0.118. The van der Waals surface area contributed by atoms with Crippen LogP contribution in [0.4, 0.5) is 5.82 Å². The fraction of sp³-hybridized carbons (Fsp3) is 0.292. The summed E-state index contributed by atoms with van der Waals surface area (Å²) >= 11 is 1.84. The van der Waals surface area contributed by atoms with Crippen LogP contribution in [0.5, 0.6) is 11.5 Å². The van der Waals surface area contributed by atoms with Crippen LogP contribution in [-0.2, 0) is 0 Å². The van der Waals surface area contributed by atoms with Crippen molar-refractivity contribution in [2.45, 2.75) is 24.3 Å². The number of methoxy groups -OCH3 is 1. The molecule has 1 unspecified atom stereocenters. The average Bonchev–Trinajstić information content (AvgIpc) is 3.21. The van der Waals surface area contributed by atoms with Gasteiger partial charge in [0, 0.05) is 29.6 Å². The van der Waals surface area contributed by atoms with Gasteiger partial charge in [0.2, 0.25) is 0 Å². The first kappa shape index (κ1) is 20.6. The Morgan fingerprint density at radius 1 is 1.10 bits per heavy atom. The molecule has 30 heavy (non-hydrogen) atoms. The van der Waals surface area contributed by atoms with E-state index in [9.17, 15) is 5.11 Å². The van der Waals surface area contributed by atoms with Gasteiger partial charge in [-0.3, -0.25) is 0 Å². The molecule has 0 bridgehead atoms. The van der Waals surface area contributed by atoms with Crippen molar-refractivity contribution in [1.29, 1.82) is 0 Å². The normalized spacial score (nSPS) is 16.1. The quantitative estimate of drug-likeness (QED) is 0.558. The first-order valence-electron chi connectivity index (χ1n) is 10.2. The third kappa shape index (κ3) is 4.40. The highest BCUT2D eigenvalue weighted by Crippen LogP contribution is 2.35. The Labute approximate surface area is 181 Å². The molecule has 2 heterocycles. The summed E-state index contributed by atoms with van der Waals surface area (Å²) in [5.74, 6) is 2.54. The number of aromatic nitrogens is 1. The lowest BCUT2D eigenvalue weighted by Crippen LogP contribution is -2.26. The number of anilines is 1. The monoisotopic (exact) mass is 421 g/mol. The fourth-order valence-electron chi connectivity index (χ4n) is 3.74. The van der Waals surface area contributed by atoms with Crippen molar-refractivity contribution in [3.8, 4) is 33.9 Å². The second kappa shape index (κ2) is 8.98. The van der Waals surface area contributed by atoms with Gasteiger partial charge in [-0.05, 0) is 65.8 Å². The van der Waals surface area contributed by atoms with Gasteiger partial charge in [0.15, 0.2) is 11.5 Å². The van der Waals surface area contributed by atoms with Crippen LogP contribution >= 0.6 is 11.8 Å². The highest BCUT2D eigenvalue weighted by atomic mass is 32.2. The van der Waals surface area contributed by atoms with Gasteiger partial charge in [-0.2, -0.15) is 0 Å². The Kier molecular flexibility index (Phi) is 6.16. The highest BCUT2D eigenvalue weighted by Gasteiger charge is 2.21. The third-order valence-electron chi connectivity index (χ3n) is 5.33. The van der Waals surface area contributed by atoms with Gasteiger partial charge in [0.05, 0.1) is 12.8 Å². The number of rotatable bonds is 6. The maximum atomic E-state index is 9.97. The van der Waals surface area contributed by atoms with Crippen molar-refractivity contribution in [1.82, 2.24) is 4.98 Å². The maximum absolute atomic E-state index is 9.97. The Balaban J connectivity index is 1.78. The lowest BCUT2D eigenvalue weighted by atomic mass is 10.0. The molecule has 1 aromatic heterocycles. The van der Waals surface area contributed by atoms with Crippen molar-refractivity contribution < 1.29 is 9.84 Å². The summed E-state index contributed by atoms with van der Waals surface area (Å²) in [7, 11) is 1.55. The molecule has 156 valence electrons. The lowest BCUT2D eigenvalue weighted by molar-refractivity contribution is 0.373. The molecule has 1 saturated heterocycles.